The minimum Gasteiger partial charge on any atom is -0.397 e. The van der Waals surface area contributed by atoms with Crippen molar-refractivity contribution in [3.63, 3.8) is 0 Å². The van der Waals surface area contributed by atoms with E-state index in [4.69, 9.17) is 5.73 Å². The number of nitrogen functional groups attached to an aromatic ring is 1. The van der Waals surface area contributed by atoms with Gasteiger partial charge in [0.15, 0.2) is 5.69 Å². The number of amides is 2. The Bertz CT molecular complexity index is 432. The summed E-state index contributed by atoms with van der Waals surface area (Å²) in [5.41, 5.74) is 6.12. The zero-order valence-electron chi connectivity index (χ0n) is 10.6. The molecule has 2 amide bonds. The Hall–Kier alpha value is -2.11. The standard InChI is InChI=1S/C12H18N4O2/c1-8(2)16-10(17)5-7-15-12(18)11-9(13)4-3-6-14-11/h3-4,6,8H,5,7,13H2,1-2H3,(H,15,18)(H,16,17). The Morgan fingerprint density at radius 2 is 2.17 bits per heavy atom. The third-order valence-corrected chi connectivity index (χ3v) is 2.14. The van der Waals surface area contributed by atoms with Crippen molar-refractivity contribution in [3.8, 4) is 0 Å². The molecule has 18 heavy (non-hydrogen) atoms. The van der Waals surface area contributed by atoms with Crippen LogP contribution in [0, 0.1) is 0 Å². The molecular weight excluding hydrogens is 232 g/mol. The van der Waals surface area contributed by atoms with Gasteiger partial charge in [0.05, 0.1) is 5.69 Å². The van der Waals surface area contributed by atoms with Crippen molar-refractivity contribution >= 4 is 17.5 Å². The summed E-state index contributed by atoms with van der Waals surface area (Å²) in [4.78, 5) is 26.9. The van der Waals surface area contributed by atoms with Gasteiger partial charge in [-0.25, -0.2) is 4.98 Å². The summed E-state index contributed by atoms with van der Waals surface area (Å²) in [5, 5.41) is 5.34. The molecule has 0 aliphatic carbocycles. The summed E-state index contributed by atoms with van der Waals surface area (Å²) in [6, 6.07) is 3.36. The Morgan fingerprint density at radius 3 is 2.78 bits per heavy atom. The first kappa shape index (κ1) is 14.0. The molecule has 0 radical (unpaired) electrons. The van der Waals surface area contributed by atoms with Gasteiger partial charge in [-0.15, -0.1) is 0 Å². The van der Waals surface area contributed by atoms with Crippen molar-refractivity contribution in [2.75, 3.05) is 12.3 Å². The molecule has 1 rings (SSSR count). The minimum atomic E-state index is -0.370. The van der Waals surface area contributed by atoms with Crippen LogP contribution < -0.4 is 16.4 Å². The van der Waals surface area contributed by atoms with Crippen molar-refractivity contribution < 1.29 is 9.59 Å². The van der Waals surface area contributed by atoms with E-state index in [1.807, 2.05) is 13.8 Å². The number of anilines is 1. The lowest BCUT2D eigenvalue weighted by atomic mass is 10.3. The fourth-order valence-corrected chi connectivity index (χ4v) is 1.37. The number of hydrogen-bond acceptors (Lipinski definition) is 4. The molecule has 98 valence electrons. The van der Waals surface area contributed by atoms with Gasteiger partial charge in [0.1, 0.15) is 0 Å². The fraction of sp³-hybridized carbons (Fsp3) is 0.417. The average Bonchev–Trinajstić information content (AvgIpc) is 2.28. The van der Waals surface area contributed by atoms with Crippen LogP contribution >= 0.6 is 0 Å². The molecule has 1 aromatic rings. The van der Waals surface area contributed by atoms with E-state index in [-0.39, 0.29) is 36.5 Å². The van der Waals surface area contributed by atoms with Crippen molar-refractivity contribution in [2.45, 2.75) is 26.3 Å². The summed E-state index contributed by atoms with van der Waals surface area (Å²) in [7, 11) is 0. The van der Waals surface area contributed by atoms with Gasteiger partial charge in [0, 0.05) is 25.2 Å². The second kappa shape index (κ2) is 6.58. The molecule has 1 aromatic heterocycles. The number of nitrogens with one attached hydrogen (secondary N) is 2. The molecule has 6 heteroatoms. The lowest BCUT2D eigenvalue weighted by Gasteiger charge is -2.09. The number of pyridine rings is 1. The Morgan fingerprint density at radius 1 is 1.44 bits per heavy atom. The van der Waals surface area contributed by atoms with Crippen LogP contribution in [0.25, 0.3) is 0 Å². The van der Waals surface area contributed by atoms with Gasteiger partial charge in [-0.2, -0.15) is 0 Å². The Balaban J connectivity index is 2.39. The minimum absolute atomic E-state index is 0.0969. The highest BCUT2D eigenvalue weighted by Gasteiger charge is 2.10. The van der Waals surface area contributed by atoms with Gasteiger partial charge in [-0.1, -0.05) is 0 Å². The molecular formula is C12H18N4O2. The number of aromatic nitrogens is 1. The number of carbonyl (C=O) groups is 2. The second-order valence-corrected chi connectivity index (χ2v) is 4.17. The van der Waals surface area contributed by atoms with E-state index < -0.39 is 0 Å². The highest BCUT2D eigenvalue weighted by atomic mass is 16.2. The summed E-state index contributed by atoms with van der Waals surface area (Å²) in [6.45, 7) is 4.02. The van der Waals surface area contributed by atoms with Crippen LogP contribution in [0.1, 0.15) is 30.8 Å². The average molecular weight is 250 g/mol. The zero-order valence-corrected chi connectivity index (χ0v) is 10.6. The highest BCUT2D eigenvalue weighted by Crippen LogP contribution is 2.05. The topological polar surface area (TPSA) is 97.1 Å². The highest BCUT2D eigenvalue weighted by molar-refractivity contribution is 5.97. The first-order valence-electron chi connectivity index (χ1n) is 5.78. The molecule has 0 aromatic carbocycles. The first-order valence-corrected chi connectivity index (χ1v) is 5.78. The third kappa shape index (κ3) is 4.40. The number of hydrogen-bond donors (Lipinski definition) is 3. The van der Waals surface area contributed by atoms with Crippen molar-refractivity contribution in [2.24, 2.45) is 0 Å². The predicted molar refractivity (Wildman–Crippen MR) is 68.9 cm³/mol. The molecule has 0 atom stereocenters. The first-order chi connectivity index (χ1) is 8.50. The maximum absolute atomic E-state index is 11.7. The summed E-state index contributed by atoms with van der Waals surface area (Å²) >= 11 is 0. The molecule has 0 bridgehead atoms. The summed E-state index contributed by atoms with van der Waals surface area (Å²) < 4.78 is 0. The Kier molecular flexibility index (Phi) is 5.10. The number of rotatable bonds is 5. The molecule has 6 nitrogen and oxygen atoms in total. The van der Waals surface area contributed by atoms with Gasteiger partial charge < -0.3 is 16.4 Å². The maximum Gasteiger partial charge on any atom is 0.272 e. The smallest absolute Gasteiger partial charge is 0.272 e. The number of nitrogens with two attached hydrogens (primary N) is 1. The van der Waals surface area contributed by atoms with E-state index in [0.29, 0.717) is 5.69 Å². The van der Waals surface area contributed by atoms with Gasteiger partial charge in [0.2, 0.25) is 5.91 Å². The van der Waals surface area contributed by atoms with Crippen LogP contribution in [0.15, 0.2) is 18.3 Å². The monoisotopic (exact) mass is 250 g/mol. The zero-order chi connectivity index (χ0) is 13.5. The fourth-order valence-electron chi connectivity index (χ4n) is 1.37. The summed E-state index contributed by atoms with van der Waals surface area (Å²) in [6.07, 6.45) is 1.73. The van der Waals surface area contributed by atoms with Gasteiger partial charge >= 0.3 is 0 Å². The normalized spacial score (nSPS) is 10.2. The Labute approximate surface area is 106 Å². The maximum atomic E-state index is 11.7. The van der Waals surface area contributed by atoms with Crippen molar-refractivity contribution in [3.05, 3.63) is 24.0 Å². The molecule has 0 aliphatic rings. The van der Waals surface area contributed by atoms with E-state index in [1.54, 1.807) is 12.1 Å². The number of carbonyl (C=O) groups excluding carboxylic acids is 2. The van der Waals surface area contributed by atoms with E-state index in [2.05, 4.69) is 15.6 Å². The van der Waals surface area contributed by atoms with Crippen LogP contribution in [0.2, 0.25) is 0 Å². The molecule has 0 aliphatic heterocycles. The predicted octanol–water partition coefficient (Wildman–Crippen LogP) is 0.308. The largest absolute Gasteiger partial charge is 0.397 e. The quantitative estimate of drug-likeness (QED) is 0.700. The molecule has 0 saturated heterocycles. The van der Waals surface area contributed by atoms with Crippen LogP contribution in [-0.4, -0.2) is 29.4 Å². The third-order valence-electron chi connectivity index (χ3n) is 2.14. The van der Waals surface area contributed by atoms with Crippen LogP contribution in [0.3, 0.4) is 0 Å². The van der Waals surface area contributed by atoms with Crippen molar-refractivity contribution in [1.29, 1.82) is 0 Å². The van der Waals surface area contributed by atoms with E-state index in [0.717, 1.165) is 0 Å². The molecule has 0 spiro atoms. The van der Waals surface area contributed by atoms with Gasteiger partial charge in [0.25, 0.3) is 5.91 Å². The SMILES string of the molecule is CC(C)NC(=O)CCNC(=O)c1ncccc1N. The van der Waals surface area contributed by atoms with E-state index >= 15 is 0 Å². The van der Waals surface area contributed by atoms with Gasteiger partial charge in [-0.05, 0) is 26.0 Å². The van der Waals surface area contributed by atoms with Crippen LogP contribution in [-0.2, 0) is 4.79 Å². The van der Waals surface area contributed by atoms with Crippen molar-refractivity contribution in [1.82, 2.24) is 15.6 Å². The molecule has 1 heterocycles. The van der Waals surface area contributed by atoms with E-state index in [1.165, 1.54) is 6.20 Å². The van der Waals surface area contributed by atoms with E-state index in [9.17, 15) is 9.59 Å². The summed E-state index contributed by atoms with van der Waals surface area (Å²) in [5.74, 6) is -0.468. The molecule has 0 fully saturated rings. The molecule has 4 N–H and O–H groups in total. The lowest BCUT2D eigenvalue weighted by Crippen LogP contribution is -2.34. The number of nitrogens with zero attached hydrogens (tertiary/aromatic N) is 1. The van der Waals surface area contributed by atoms with Gasteiger partial charge in [-0.3, -0.25) is 9.59 Å². The van der Waals surface area contributed by atoms with Crippen LogP contribution in [0.5, 0.6) is 0 Å². The lowest BCUT2D eigenvalue weighted by molar-refractivity contribution is -0.121. The second-order valence-electron chi connectivity index (χ2n) is 4.17. The van der Waals surface area contributed by atoms with Crippen LogP contribution in [0.4, 0.5) is 5.69 Å². The molecule has 0 saturated carbocycles. The molecule has 0 unspecified atom stereocenters.